The molecule has 1 aromatic carbocycles. The monoisotopic (exact) mass is 383 g/mol. The van der Waals surface area contributed by atoms with Crippen molar-refractivity contribution in [2.45, 2.75) is 62.8 Å². The van der Waals surface area contributed by atoms with Gasteiger partial charge in [-0.15, -0.1) is 0 Å². The van der Waals surface area contributed by atoms with Crippen molar-refractivity contribution >= 4 is 16.0 Å². The van der Waals surface area contributed by atoms with Crippen LogP contribution in [0.4, 0.5) is 0 Å². The smallest absolute Gasteiger partial charge is 0.324 e. The molecule has 1 aromatic rings. The van der Waals surface area contributed by atoms with Gasteiger partial charge in [0.15, 0.2) is 0 Å². The van der Waals surface area contributed by atoms with Gasteiger partial charge in [0.05, 0.1) is 12.0 Å². The number of hydrogen-bond donors (Lipinski definition) is 1. The van der Waals surface area contributed by atoms with E-state index in [1.54, 1.807) is 12.1 Å². The molecule has 0 unspecified atom stereocenters. The number of hydrogen-bond acceptors (Lipinski definition) is 5. The number of benzene rings is 1. The van der Waals surface area contributed by atoms with E-state index in [9.17, 15) is 13.2 Å². The predicted molar refractivity (Wildman–Crippen MR) is 99.4 cm³/mol. The quantitative estimate of drug-likeness (QED) is 0.523. The lowest BCUT2D eigenvalue weighted by molar-refractivity contribution is -0.144. The summed E-state index contributed by atoms with van der Waals surface area (Å²) in [4.78, 5) is 12.3. The third-order valence-corrected chi connectivity index (χ3v) is 6.84. The maximum Gasteiger partial charge on any atom is 0.324 e. The Hall–Kier alpha value is -1.44. The number of nitrogens with zero attached hydrogens (tertiary/aromatic N) is 1. The van der Waals surface area contributed by atoms with E-state index in [1.807, 2.05) is 13.0 Å². The summed E-state index contributed by atoms with van der Waals surface area (Å²) in [6, 6.07) is 4.64. The Morgan fingerprint density at radius 2 is 2.00 bits per heavy atom. The second kappa shape index (κ2) is 9.48. The Kier molecular flexibility index (Phi) is 7.61. The molecule has 2 rings (SSSR count). The van der Waals surface area contributed by atoms with E-state index in [0.717, 1.165) is 36.8 Å². The highest BCUT2D eigenvalue weighted by Gasteiger charge is 2.40. The number of carbonyl (C=O) groups excluding carboxylic acids is 1. The van der Waals surface area contributed by atoms with Gasteiger partial charge in [-0.1, -0.05) is 30.5 Å². The van der Waals surface area contributed by atoms with Gasteiger partial charge in [-0.3, -0.25) is 4.79 Å². The number of sulfonamides is 1. The number of ether oxygens (including phenoxy) is 1. The van der Waals surface area contributed by atoms with Crippen LogP contribution in [-0.4, -0.2) is 50.1 Å². The van der Waals surface area contributed by atoms with Crippen LogP contribution in [0.25, 0.3) is 0 Å². The van der Waals surface area contributed by atoms with Crippen LogP contribution in [0.15, 0.2) is 23.1 Å². The number of rotatable bonds is 9. The van der Waals surface area contributed by atoms with Crippen LogP contribution in [-0.2, 0) is 26.0 Å². The molecule has 146 valence electrons. The molecule has 26 heavy (non-hydrogen) atoms. The zero-order chi connectivity index (χ0) is 19.2. The van der Waals surface area contributed by atoms with E-state index >= 15 is 0 Å². The molecule has 0 radical (unpaired) electrons. The normalized spacial score (nSPS) is 18.2. The molecule has 1 aliphatic rings. The Morgan fingerprint density at radius 1 is 1.27 bits per heavy atom. The molecule has 6 nitrogen and oxygen atoms in total. The van der Waals surface area contributed by atoms with Gasteiger partial charge in [0.2, 0.25) is 10.0 Å². The van der Waals surface area contributed by atoms with Crippen LogP contribution < -0.4 is 0 Å². The minimum atomic E-state index is -3.75. The van der Waals surface area contributed by atoms with Crippen molar-refractivity contribution in [3.8, 4) is 0 Å². The number of methoxy groups -OCH3 is 1. The van der Waals surface area contributed by atoms with E-state index in [0.29, 0.717) is 30.7 Å². The van der Waals surface area contributed by atoms with Gasteiger partial charge in [0, 0.05) is 13.2 Å². The molecule has 1 atom stereocenters. The minimum Gasteiger partial charge on any atom is -0.468 e. The molecule has 0 amide bonds. The first-order chi connectivity index (χ1) is 12.4. The molecule has 7 heteroatoms. The fraction of sp³-hybridized carbons (Fsp3) is 0.632. The summed E-state index contributed by atoms with van der Waals surface area (Å²) in [5.74, 6) is -0.497. The summed E-state index contributed by atoms with van der Waals surface area (Å²) < 4.78 is 32.5. The van der Waals surface area contributed by atoms with Crippen molar-refractivity contribution < 1.29 is 23.1 Å². The summed E-state index contributed by atoms with van der Waals surface area (Å²) >= 11 is 0. The molecule has 1 saturated heterocycles. The van der Waals surface area contributed by atoms with Gasteiger partial charge in [-0.2, -0.15) is 4.31 Å². The Balaban J connectivity index is 2.24. The average Bonchev–Trinajstić information content (AvgIpc) is 3.11. The van der Waals surface area contributed by atoms with Crippen LogP contribution in [0, 0.1) is 6.92 Å². The van der Waals surface area contributed by atoms with Crippen molar-refractivity contribution in [2.75, 3.05) is 20.3 Å². The number of esters is 1. The standard InChI is InChI=1S/C19H29NO5S/c1-15-10-11-18(16(14-15)8-5-3-4-6-13-21)26(23,24)20-12-7-9-17(20)19(22)25-2/h10-11,14,17,21H,3-9,12-13H2,1-2H3/t17-/m0/s1. The Morgan fingerprint density at radius 3 is 2.69 bits per heavy atom. The number of aliphatic hydroxyl groups is 1. The highest BCUT2D eigenvalue weighted by molar-refractivity contribution is 7.89. The van der Waals surface area contributed by atoms with Crippen molar-refractivity contribution in [1.82, 2.24) is 4.31 Å². The zero-order valence-electron chi connectivity index (χ0n) is 15.6. The van der Waals surface area contributed by atoms with Gasteiger partial charge < -0.3 is 9.84 Å². The molecule has 1 heterocycles. The second-order valence-corrected chi connectivity index (χ2v) is 8.65. The first-order valence-electron chi connectivity index (χ1n) is 9.22. The van der Waals surface area contributed by atoms with Gasteiger partial charge >= 0.3 is 5.97 Å². The third kappa shape index (κ3) is 4.84. The third-order valence-electron chi connectivity index (χ3n) is 4.83. The maximum absolute atomic E-state index is 13.2. The molecule has 0 aromatic heterocycles. The van der Waals surface area contributed by atoms with Crippen molar-refractivity contribution in [3.05, 3.63) is 29.3 Å². The fourth-order valence-electron chi connectivity index (χ4n) is 3.46. The number of aryl methyl sites for hydroxylation is 2. The second-order valence-electron chi connectivity index (χ2n) is 6.80. The topological polar surface area (TPSA) is 83.9 Å². The molecule has 1 fully saturated rings. The van der Waals surface area contributed by atoms with Crippen LogP contribution in [0.2, 0.25) is 0 Å². The summed E-state index contributed by atoms with van der Waals surface area (Å²) in [6.07, 6.45) is 5.33. The first-order valence-corrected chi connectivity index (χ1v) is 10.7. The highest BCUT2D eigenvalue weighted by Crippen LogP contribution is 2.30. The summed E-state index contributed by atoms with van der Waals surface area (Å²) in [6.45, 7) is 2.47. The summed E-state index contributed by atoms with van der Waals surface area (Å²) in [5.41, 5.74) is 1.81. The van der Waals surface area contributed by atoms with E-state index in [4.69, 9.17) is 9.84 Å². The molecule has 0 bridgehead atoms. The van der Waals surface area contributed by atoms with Crippen LogP contribution in [0.3, 0.4) is 0 Å². The molecule has 1 aliphatic heterocycles. The molecule has 0 aliphatic carbocycles. The predicted octanol–water partition coefficient (Wildman–Crippen LogP) is 2.42. The van der Waals surface area contributed by atoms with Crippen LogP contribution in [0.1, 0.15) is 49.7 Å². The number of aliphatic hydroxyl groups excluding tert-OH is 1. The lowest BCUT2D eigenvalue weighted by Gasteiger charge is -2.23. The van der Waals surface area contributed by atoms with Gasteiger partial charge in [0.25, 0.3) is 0 Å². The van der Waals surface area contributed by atoms with E-state index in [1.165, 1.54) is 11.4 Å². The summed E-state index contributed by atoms with van der Waals surface area (Å²) in [5, 5.41) is 8.86. The number of unbranched alkanes of at least 4 members (excludes halogenated alkanes) is 3. The average molecular weight is 384 g/mol. The van der Waals surface area contributed by atoms with Crippen LogP contribution in [0.5, 0.6) is 0 Å². The molecule has 0 saturated carbocycles. The lowest BCUT2D eigenvalue weighted by Crippen LogP contribution is -2.41. The molecule has 1 N–H and O–H groups in total. The van der Waals surface area contributed by atoms with Gasteiger partial charge in [-0.25, -0.2) is 8.42 Å². The van der Waals surface area contributed by atoms with E-state index in [2.05, 4.69) is 0 Å². The summed E-state index contributed by atoms with van der Waals surface area (Å²) in [7, 11) is -2.46. The van der Waals surface area contributed by atoms with Crippen molar-refractivity contribution in [2.24, 2.45) is 0 Å². The highest BCUT2D eigenvalue weighted by atomic mass is 32.2. The number of carbonyl (C=O) groups is 1. The SMILES string of the molecule is COC(=O)[C@@H]1CCCN1S(=O)(=O)c1ccc(C)cc1CCCCCCO. The molecule has 0 spiro atoms. The van der Waals surface area contributed by atoms with E-state index in [-0.39, 0.29) is 6.61 Å². The minimum absolute atomic E-state index is 0.188. The maximum atomic E-state index is 13.2. The Labute approximate surface area is 156 Å². The Bertz CT molecular complexity index is 717. The van der Waals surface area contributed by atoms with Gasteiger partial charge in [0.1, 0.15) is 6.04 Å². The van der Waals surface area contributed by atoms with E-state index < -0.39 is 22.0 Å². The largest absolute Gasteiger partial charge is 0.468 e. The molecular weight excluding hydrogens is 354 g/mol. The zero-order valence-corrected chi connectivity index (χ0v) is 16.4. The van der Waals surface area contributed by atoms with Gasteiger partial charge in [-0.05, 0) is 50.7 Å². The fourth-order valence-corrected chi connectivity index (χ4v) is 5.34. The van der Waals surface area contributed by atoms with Crippen molar-refractivity contribution in [3.63, 3.8) is 0 Å². The lowest BCUT2D eigenvalue weighted by atomic mass is 10.0. The molecular formula is C19H29NO5S. The van der Waals surface area contributed by atoms with Crippen molar-refractivity contribution in [1.29, 1.82) is 0 Å². The first kappa shape index (κ1) is 20.9. The van der Waals surface area contributed by atoms with Crippen LogP contribution >= 0.6 is 0 Å².